The van der Waals surface area contributed by atoms with Crippen LogP contribution in [-0.4, -0.2) is 69.6 Å². The SMILES string of the molecule is c1cc(N2CCN(c3cc4c(ccn4CCN4CCCC4)cn3)CC2)n2ccnc2c1. The van der Waals surface area contributed by atoms with E-state index in [1.54, 1.807) is 0 Å². The molecule has 2 aliphatic rings. The molecule has 0 bridgehead atoms. The van der Waals surface area contributed by atoms with Crippen LogP contribution >= 0.6 is 0 Å². The molecular weight excluding hydrogens is 386 g/mol. The van der Waals surface area contributed by atoms with Crippen molar-refractivity contribution in [1.29, 1.82) is 0 Å². The highest BCUT2D eigenvalue weighted by Gasteiger charge is 2.20. The van der Waals surface area contributed by atoms with E-state index in [1.807, 2.05) is 18.6 Å². The molecule has 31 heavy (non-hydrogen) atoms. The minimum Gasteiger partial charge on any atom is -0.354 e. The minimum atomic E-state index is 0.970. The van der Waals surface area contributed by atoms with Crippen molar-refractivity contribution in [2.45, 2.75) is 19.4 Å². The van der Waals surface area contributed by atoms with Crippen LogP contribution in [0.1, 0.15) is 12.8 Å². The molecule has 2 aliphatic heterocycles. The fourth-order valence-corrected chi connectivity index (χ4v) is 5.05. The van der Waals surface area contributed by atoms with E-state index in [2.05, 4.69) is 65.2 Å². The molecule has 0 radical (unpaired) electrons. The van der Waals surface area contributed by atoms with Gasteiger partial charge in [-0.1, -0.05) is 6.07 Å². The molecule has 160 valence electrons. The van der Waals surface area contributed by atoms with E-state index >= 15 is 0 Å². The van der Waals surface area contributed by atoms with Gasteiger partial charge in [-0.05, 0) is 44.1 Å². The maximum atomic E-state index is 4.79. The van der Waals surface area contributed by atoms with Gasteiger partial charge in [-0.15, -0.1) is 0 Å². The Hall–Kier alpha value is -3.06. The van der Waals surface area contributed by atoms with E-state index in [0.29, 0.717) is 0 Å². The Kier molecular flexibility index (Phi) is 4.76. The summed E-state index contributed by atoms with van der Waals surface area (Å²) in [6.45, 7) is 8.60. The van der Waals surface area contributed by atoms with Crippen molar-refractivity contribution in [3.05, 3.63) is 55.1 Å². The number of fused-ring (bicyclic) bond motifs is 2. The summed E-state index contributed by atoms with van der Waals surface area (Å²) in [6, 6.07) is 10.8. The molecule has 4 aromatic heterocycles. The van der Waals surface area contributed by atoms with Gasteiger partial charge in [-0.25, -0.2) is 9.97 Å². The van der Waals surface area contributed by atoms with Crippen LogP contribution in [0.15, 0.2) is 55.1 Å². The normalized spacial score (nSPS) is 17.9. The van der Waals surface area contributed by atoms with Crippen LogP contribution in [0.25, 0.3) is 16.6 Å². The monoisotopic (exact) mass is 415 g/mol. The van der Waals surface area contributed by atoms with Crippen molar-refractivity contribution in [3.63, 3.8) is 0 Å². The third-order valence-electron chi connectivity index (χ3n) is 6.83. The number of hydrogen-bond donors (Lipinski definition) is 0. The van der Waals surface area contributed by atoms with Gasteiger partial charge < -0.3 is 19.3 Å². The molecule has 4 aromatic rings. The predicted molar refractivity (Wildman–Crippen MR) is 125 cm³/mol. The summed E-state index contributed by atoms with van der Waals surface area (Å²) in [4.78, 5) is 16.7. The Balaban J connectivity index is 1.17. The molecule has 0 N–H and O–H groups in total. The molecule has 6 rings (SSSR count). The van der Waals surface area contributed by atoms with E-state index < -0.39 is 0 Å². The third kappa shape index (κ3) is 3.53. The summed E-state index contributed by atoms with van der Waals surface area (Å²) < 4.78 is 4.57. The van der Waals surface area contributed by atoms with Crippen LogP contribution in [0.4, 0.5) is 11.6 Å². The highest BCUT2D eigenvalue weighted by Crippen LogP contribution is 2.24. The average molecular weight is 416 g/mol. The molecule has 2 saturated heterocycles. The van der Waals surface area contributed by atoms with Crippen molar-refractivity contribution in [1.82, 2.24) is 23.8 Å². The molecule has 6 heterocycles. The zero-order valence-electron chi connectivity index (χ0n) is 17.9. The highest BCUT2D eigenvalue weighted by atomic mass is 15.3. The Labute approximate surface area is 182 Å². The number of hydrogen-bond acceptors (Lipinski definition) is 5. The summed E-state index contributed by atoms with van der Waals surface area (Å²) in [6.07, 6.45) is 10.9. The second kappa shape index (κ2) is 7.89. The summed E-state index contributed by atoms with van der Waals surface area (Å²) >= 11 is 0. The van der Waals surface area contributed by atoms with Crippen LogP contribution in [0.2, 0.25) is 0 Å². The van der Waals surface area contributed by atoms with Crippen molar-refractivity contribution in [2.24, 2.45) is 0 Å². The maximum absolute atomic E-state index is 4.79. The first-order chi connectivity index (χ1) is 15.3. The van der Waals surface area contributed by atoms with Gasteiger partial charge in [0.15, 0.2) is 0 Å². The first-order valence-corrected chi connectivity index (χ1v) is 11.4. The van der Waals surface area contributed by atoms with Crippen molar-refractivity contribution in [2.75, 3.05) is 55.6 Å². The van der Waals surface area contributed by atoms with Gasteiger partial charge in [0.2, 0.25) is 0 Å². The lowest BCUT2D eigenvalue weighted by molar-refractivity contribution is 0.324. The molecule has 7 heteroatoms. The molecule has 0 aromatic carbocycles. The maximum Gasteiger partial charge on any atom is 0.138 e. The van der Waals surface area contributed by atoms with Crippen molar-refractivity contribution < 1.29 is 0 Å². The average Bonchev–Trinajstić information content (AvgIpc) is 3.58. The number of anilines is 2. The van der Waals surface area contributed by atoms with E-state index in [0.717, 1.165) is 50.7 Å². The summed E-state index contributed by atoms with van der Waals surface area (Å²) in [5, 5.41) is 1.23. The van der Waals surface area contributed by atoms with E-state index in [4.69, 9.17) is 4.98 Å². The molecule has 2 fully saturated rings. The van der Waals surface area contributed by atoms with E-state index in [1.165, 1.54) is 42.7 Å². The van der Waals surface area contributed by atoms with Gasteiger partial charge in [-0.2, -0.15) is 0 Å². The van der Waals surface area contributed by atoms with Crippen molar-refractivity contribution in [3.8, 4) is 0 Å². The largest absolute Gasteiger partial charge is 0.354 e. The molecule has 0 spiro atoms. The number of imidazole rings is 1. The smallest absolute Gasteiger partial charge is 0.138 e. The standard InChI is InChI=1S/C24H29N7/c1-2-9-27(8-1)12-13-28-10-6-20-19-26-23(18-21(20)28)29-14-16-30(17-15-29)24-5-3-4-22-25-7-11-31(22)24/h3-7,10-11,18-19H,1-2,8-9,12-17H2. The minimum absolute atomic E-state index is 0.970. The zero-order valence-corrected chi connectivity index (χ0v) is 17.9. The highest BCUT2D eigenvalue weighted by molar-refractivity contribution is 5.81. The molecule has 0 unspecified atom stereocenters. The second-order valence-corrected chi connectivity index (χ2v) is 8.67. The van der Waals surface area contributed by atoms with E-state index in [9.17, 15) is 0 Å². The van der Waals surface area contributed by atoms with Crippen LogP contribution < -0.4 is 9.80 Å². The molecule has 0 saturated carbocycles. The van der Waals surface area contributed by atoms with Crippen LogP contribution in [0.3, 0.4) is 0 Å². The van der Waals surface area contributed by atoms with E-state index in [-0.39, 0.29) is 0 Å². The molecule has 0 aliphatic carbocycles. The topological polar surface area (TPSA) is 44.8 Å². The fraction of sp³-hybridized carbons (Fsp3) is 0.417. The van der Waals surface area contributed by atoms with Gasteiger partial charge >= 0.3 is 0 Å². The summed E-state index contributed by atoms with van der Waals surface area (Å²) in [7, 11) is 0. The Bertz CT molecular complexity index is 1180. The second-order valence-electron chi connectivity index (χ2n) is 8.67. The van der Waals surface area contributed by atoms with Crippen LogP contribution in [-0.2, 0) is 6.54 Å². The first-order valence-electron chi connectivity index (χ1n) is 11.4. The third-order valence-corrected chi connectivity index (χ3v) is 6.83. The lowest BCUT2D eigenvalue weighted by Crippen LogP contribution is -2.47. The van der Waals surface area contributed by atoms with Gasteiger partial charge in [0.25, 0.3) is 0 Å². The van der Waals surface area contributed by atoms with Gasteiger partial charge in [0.1, 0.15) is 17.3 Å². The van der Waals surface area contributed by atoms with Gasteiger partial charge in [0, 0.05) is 75.5 Å². The molecule has 0 atom stereocenters. The predicted octanol–water partition coefficient (Wildman–Crippen LogP) is 3.11. The lowest BCUT2D eigenvalue weighted by Gasteiger charge is -2.36. The fourth-order valence-electron chi connectivity index (χ4n) is 5.05. The lowest BCUT2D eigenvalue weighted by atomic mass is 10.2. The van der Waals surface area contributed by atoms with Gasteiger partial charge in [0.05, 0.1) is 5.52 Å². The number of likely N-dealkylation sites (tertiary alicyclic amines) is 1. The molecule has 0 amide bonds. The number of piperazine rings is 1. The molecule has 7 nitrogen and oxygen atoms in total. The first kappa shape index (κ1) is 18.7. The number of nitrogens with zero attached hydrogens (tertiary/aromatic N) is 7. The van der Waals surface area contributed by atoms with Gasteiger partial charge in [-0.3, -0.25) is 4.40 Å². The number of rotatable bonds is 5. The zero-order chi connectivity index (χ0) is 20.6. The van der Waals surface area contributed by atoms with Crippen LogP contribution in [0, 0.1) is 0 Å². The Morgan fingerprint density at radius 1 is 0.806 bits per heavy atom. The Morgan fingerprint density at radius 2 is 1.65 bits per heavy atom. The van der Waals surface area contributed by atoms with Crippen LogP contribution in [0.5, 0.6) is 0 Å². The Morgan fingerprint density at radius 3 is 2.52 bits per heavy atom. The summed E-state index contributed by atoms with van der Waals surface area (Å²) in [5.74, 6) is 2.31. The number of aromatic nitrogens is 4. The quantitative estimate of drug-likeness (QED) is 0.501. The number of pyridine rings is 2. The molecular formula is C24H29N7. The van der Waals surface area contributed by atoms with Crippen molar-refractivity contribution >= 4 is 28.2 Å². The summed E-state index contributed by atoms with van der Waals surface area (Å²) in [5.41, 5.74) is 2.30.